The molecule has 1 saturated carbocycles. The van der Waals surface area contributed by atoms with Crippen LogP contribution in [0.1, 0.15) is 57.4 Å². The van der Waals surface area contributed by atoms with Gasteiger partial charge >= 0.3 is 0 Å². The minimum atomic E-state index is 0.644. The Morgan fingerprint density at radius 3 is 2.71 bits per heavy atom. The van der Waals surface area contributed by atoms with Crippen LogP contribution in [0.4, 0.5) is 0 Å². The summed E-state index contributed by atoms with van der Waals surface area (Å²) in [7, 11) is 1.80. The Labute approximate surface area is 130 Å². The quantitative estimate of drug-likeness (QED) is 0.791. The molecule has 0 aromatic heterocycles. The molecule has 0 heterocycles. The zero-order chi connectivity index (χ0) is 15.1. The average Bonchev–Trinajstić information content (AvgIpc) is 2.54. The van der Waals surface area contributed by atoms with Crippen LogP contribution in [0.15, 0.2) is 24.3 Å². The summed E-state index contributed by atoms with van der Waals surface area (Å²) in [5, 5.41) is 3.56. The maximum absolute atomic E-state index is 5.63. The smallest absolute Gasteiger partial charge is 0.122 e. The summed E-state index contributed by atoms with van der Waals surface area (Å²) in [6, 6.07) is 8.62. The molecule has 0 amide bonds. The van der Waals surface area contributed by atoms with Gasteiger partial charge in [-0.25, -0.2) is 0 Å². The van der Waals surface area contributed by atoms with Crippen LogP contribution in [-0.2, 0) is 0 Å². The first kappa shape index (κ1) is 16.4. The van der Waals surface area contributed by atoms with Crippen LogP contribution in [0, 0.1) is 11.8 Å². The third-order valence-electron chi connectivity index (χ3n) is 4.99. The van der Waals surface area contributed by atoms with Crippen LogP contribution in [0.5, 0.6) is 5.75 Å². The highest BCUT2D eigenvalue weighted by atomic mass is 16.5. The molecular formula is C19H31NO. The predicted octanol–water partition coefficient (Wildman–Crippen LogP) is 4.60. The zero-order valence-corrected chi connectivity index (χ0v) is 13.9. The summed E-state index contributed by atoms with van der Waals surface area (Å²) in [6.45, 7) is 6.70. The van der Waals surface area contributed by atoms with Crippen LogP contribution in [0.25, 0.3) is 0 Å². The average molecular weight is 289 g/mol. The number of para-hydroxylation sites is 1. The first-order valence-corrected chi connectivity index (χ1v) is 8.63. The van der Waals surface area contributed by atoms with Gasteiger partial charge in [-0.05, 0) is 55.3 Å². The molecule has 0 spiro atoms. The predicted molar refractivity (Wildman–Crippen MR) is 90.0 cm³/mol. The van der Waals surface area contributed by atoms with E-state index in [9.17, 15) is 0 Å². The van der Waals surface area contributed by atoms with Gasteiger partial charge in [0.1, 0.15) is 5.75 Å². The fraction of sp³-hybridized carbons (Fsp3) is 0.684. The molecule has 1 aliphatic carbocycles. The van der Waals surface area contributed by atoms with E-state index in [4.69, 9.17) is 4.74 Å². The molecule has 21 heavy (non-hydrogen) atoms. The van der Waals surface area contributed by atoms with E-state index < -0.39 is 0 Å². The molecule has 0 saturated heterocycles. The van der Waals surface area contributed by atoms with Crippen LogP contribution in [0.3, 0.4) is 0 Å². The lowest BCUT2D eigenvalue weighted by molar-refractivity contribution is 0.218. The lowest BCUT2D eigenvalue weighted by atomic mass is 9.70. The van der Waals surface area contributed by atoms with E-state index in [-0.39, 0.29) is 0 Å². The number of hydrogen-bond acceptors (Lipinski definition) is 2. The molecule has 0 bridgehead atoms. The van der Waals surface area contributed by atoms with Gasteiger partial charge in [0, 0.05) is 0 Å². The normalized spacial score (nSPS) is 25.8. The molecule has 3 atom stereocenters. The van der Waals surface area contributed by atoms with Crippen molar-refractivity contribution in [1.82, 2.24) is 5.32 Å². The summed E-state index contributed by atoms with van der Waals surface area (Å²) >= 11 is 0. The van der Waals surface area contributed by atoms with Gasteiger partial charge in [0.2, 0.25) is 0 Å². The molecular weight excluding hydrogens is 258 g/mol. The van der Waals surface area contributed by atoms with Crippen molar-refractivity contribution in [3.8, 4) is 5.75 Å². The minimum absolute atomic E-state index is 0.644. The number of ether oxygens (including phenoxy) is 1. The lowest BCUT2D eigenvalue weighted by Crippen LogP contribution is -2.32. The molecule has 1 N–H and O–H groups in total. The Kier molecular flexibility index (Phi) is 6.56. The Bertz CT molecular complexity index is 418. The molecule has 2 heteroatoms. The SMILES string of the molecule is CCCC1CCC(CNCC)C(c2ccccc2OC)C1. The van der Waals surface area contributed by atoms with E-state index in [1.165, 1.54) is 37.7 Å². The van der Waals surface area contributed by atoms with Gasteiger partial charge in [0.15, 0.2) is 0 Å². The minimum Gasteiger partial charge on any atom is -0.496 e. The van der Waals surface area contributed by atoms with Gasteiger partial charge in [-0.2, -0.15) is 0 Å². The van der Waals surface area contributed by atoms with Crippen molar-refractivity contribution < 1.29 is 4.74 Å². The van der Waals surface area contributed by atoms with Crippen molar-refractivity contribution in [2.75, 3.05) is 20.2 Å². The lowest BCUT2D eigenvalue weighted by Gasteiger charge is -2.37. The Morgan fingerprint density at radius 2 is 2.00 bits per heavy atom. The van der Waals surface area contributed by atoms with Gasteiger partial charge in [-0.3, -0.25) is 0 Å². The van der Waals surface area contributed by atoms with E-state index in [0.717, 1.165) is 30.7 Å². The summed E-state index contributed by atoms with van der Waals surface area (Å²) in [4.78, 5) is 0. The van der Waals surface area contributed by atoms with Crippen molar-refractivity contribution in [1.29, 1.82) is 0 Å². The number of methoxy groups -OCH3 is 1. The molecule has 1 aliphatic rings. The van der Waals surface area contributed by atoms with Crippen molar-refractivity contribution in [2.24, 2.45) is 11.8 Å². The van der Waals surface area contributed by atoms with Crippen LogP contribution >= 0.6 is 0 Å². The fourth-order valence-corrected chi connectivity index (χ4v) is 3.92. The van der Waals surface area contributed by atoms with Gasteiger partial charge in [0.25, 0.3) is 0 Å². The molecule has 1 aromatic rings. The van der Waals surface area contributed by atoms with Crippen molar-refractivity contribution in [2.45, 2.75) is 51.9 Å². The molecule has 0 aliphatic heterocycles. The summed E-state index contributed by atoms with van der Waals surface area (Å²) in [6.07, 6.45) is 6.75. The number of rotatable bonds is 7. The first-order valence-electron chi connectivity index (χ1n) is 8.63. The summed E-state index contributed by atoms with van der Waals surface area (Å²) < 4.78 is 5.63. The van der Waals surface area contributed by atoms with Crippen molar-refractivity contribution in [3.63, 3.8) is 0 Å². The maximum Gasteiger partial charge on any atom is 0.122 e. The van der Waals surface area contributed by atoms with Crippen LogP contribution in [0.2, 0.25) is 0 Å². The number of nitrogens with one attached hydrogen (secondary N) is 1. The highest BCUT2D eigenvalue weighted by molar-refractivity contribution is 5.37. The molecule has 2 nitrogen and oxygen atoms in total. The van der Waals surface area contributed by atoms with E-state index in [1.54, 1.807) is 7.11 Å². The third-order valence-corrected chi connectivity index (χ3v) is 4.99. The van der Waals surface area contributed by atoms with Crippen LogP contribution < -0.4 is 10.1 Å². The Balaban J connectivity index is 2.19. The standard InChI is InChI=1S/C19H31NO/c1-4-8-15-11-12-16(14-20-5-2)18(13-15)17-9-6-7-10-19(17)21-3/h6-7,9-10,15-16,18,20H,4-5,8,11-14H2,1-3H3. The van der Waals surface area contributed by atoms with Crippen molar-refractivity contribution >= 4 is 0 Å². The first-order chi connectivity index (χ1) is 10.3. The zero-order valence-electron chi connectivity index (χ0n) is 13.9. The topological polar surface area (TPSA) is 21.3 Å². The summed E-state index contributed by atoms with van der Waals surface area (Å²) in [5.41, 5.74) is 1.42. The molecule has 3 unspecified atom stereocenters. The highest BCUT2D eigenvalue weighted by Crippen LogP contribution is 2.44. The largest absolute Gasteiger partial charge is 0.496 e. The highest BCUT2D eigenvalue weighted by Gasteiger charge is 2.32. The van der Waals surface area contributed by atoms with Gasteiger partial charge in [-0.1, -0.05) is 51.3 Å². The van der Waals surface area contributed by atoms with Gasteiger partial charge in [0.05, 0.1) is 7.11 Å². The van der Waals surface area contributed by atoms with E-state index in [2.05, 4.69) is 43.4 Å². The number of hydrogen-bond donors (Lipinski definition) is 1. The Morgan fingerprint density at radius 1 is 1.19 bits per heavy atom. The Hall–Kier alpha value is -1.02. The maximum atomic E-state index is 5.63. The monoisotopic (exact) mass is 289 g/mol. The molecule has 2 rings (SSSR count). The third kappa shape index (κ3) is 4.23. The molecule has 0 radical (unpaired) electrons. The second-order valence-electron chi connectivity index (χ2n) is 6.38. The van der Waals surface area contributed by atoms with Crippen LogP contribution in [-0.4, -0.2) is 20.2 Å². The van der Waals surface area contributed by atoms with Gasteiger partial charge in [-0.15, -0.1) is 0 Å². The number of benzene rings is 1. The molecule has 1 fully saturated rings. The van der Waals surface area contributed by atoms with E-state index >= 15 is 0 Å². The second-order valence-corrected chi connectivity index (χ2v) is 6.38. The van der Waals surface area contributed by atoms with Crippen molar-refractivity contribution in [3.05, 3.63) is 29.8 Å². The van der Waals surface area contributed by atoms with Gasteiger partial charge < -0.3 is 10.1 Å². The van der Waals surface area contributed by atoms with E-state index in [0.29, 0.717) is 5.92 Å². The second kappa shape index (κ2) is 8.43. The molecule has 1 aromatic carbocycles. The fourth-order valence-electron chi connectivity index (χ4n) is 3.92. The van der Waals surface area contributed by atoms with E-state index in [1.807, 2.05) is 0 Å². The molecule has 118 valence electrons. The summed E-state index contributed by atoms with van der Waals surface area (Å²) in [5.74, 6) is 3.35.